The Kier molecular flexibility index (Phi) is 3.63. The van der Waals surface area contributed by atoms with Crippen molar-refractivity contribution in [3.8, 4) is 0 Å². The van der Waals surface area contributed by atoms with Crippen molar-refractivity contribution in [1.82, 2.24) is 10.2 Å². The molecule has 0 atom stereocenters. The first-order valence-corrected chi connectivity index (χ1v) is 6.52. The number of aryl methyl sites for hydroxylation is 1. The highest BCUT2D eigenvalue weighted by atomic mass is 32.2. The van der Waals surface area contributed by atoms with Crippen molar-refractivity contribution in [2.24, 2.45) is 0 Å². The molecule has 2 rings (SSSR count). The molecule has 4 nitrogen and oxygen atoms in total. The number of nitrogens with two attached hydrogens (primary N) is 1. The minimum atomic E-state index is 0.772. The number of aromatic nitrogens is 2. The summed E-state index contributed by atoms with van der Waals surface area (Å²) in [6, 6.07) is 7.69. The molecule has 0 saturated carbocycles. The maximum absolute atomic E-state index is 5.61. The van der Waals surface area contributed by atoms with Gasteiger partial charge in [0.2, 0.25) is 5.13 Å². The second kappa shape index (κ2) is 5.18. The van der Waals surface area contributed by atoms with Gasteiger partial charge in [0.1, 0.15) is 5.01 Å². The molecule has 0 radical (unpaired) electrons. The molecule has 0 spiro atoms. The van der Waals surface area contributed by atoms with E-state index in [9.17, 15) is 0 Å². The van der Waals surface area contributed by atoms with Crippen LogP contribution in [0.4, 0.5) is 10.8 Å². The number of nitrogen functional groups attached to an aromatic ring is 1. The normalized spacial score (nSPS) is 10.3. The number of hydrogen-bond donors (Lipinski definition) is 2. The van der Waals surface area contributed by atoms with E-state index in [1.54, 1.807) is 11.3 Å². The van der Waals surface area contributed by atoms with E-state index in [0.29, 0.717) is 0 Å². The maximum Gasteiger partial charge on any atom is 0.215 e. The standard InChI is InChI=1S/C10H12N4S2/c1-2-9-12-13-10(15-9)14-16-8-5-3-7(11)4-6-8/h3-6H,2,11H2,1H3,(H,13,14). The SMILES string of the molecule is CCc1nnc(NSc2ccc(N)cc2)s1. The van der Waals surface area contributed by atoms with Crippen molar-refractivity contribution in [3.63, 3.8) is 0 Å². The summed E-state index contributed by atoms with van der Waals surface area (Å²) in [6.45, 7) is 2.07. The third kappa shape index (κ3) is 2.86. The summed E-state index contributed by atoms with van der Waals surface area (Å²) in [6.07, 6.45) is 0.923. The molecule has 1 heterocycles. The van der Waals surface area contributed by atoms with E-state index in [0.717, 1.165) is 27.1 Å². The van der Waals surface area contributed by atoms with Crippen molar-refractivity contribution in [2.75, 3.05) is 10.5 Å². The second-order valence-corrected chi connectivity index (χ2v) is 5.07. The average molecular weight is 252 g/mol. The number of nitrogens with one attached hydrogen (secondary N) is 1. The zero-order valence-electron chi connectivity index (χ0n) is 8.80. The Hall–Kier alpha value is -1.27. The van der Waals surface area contributed by atoms with Gasteiger partial charge in [-0.05, 0) is 42.6 Å². The minimum absolute atomic E-state index is 0.772. The Morgan fingerprint density at radius 1 is 1.31 bits per heavy atom. The van der Waals surface area contributed by atoms with Crippen molar-refractivity contribution < 1.29 is 0 Å². The summed E-state index contributed by atoms with van der Waals surface area (Å²) in [7, 11) is 0. The molecule has 16 heavy (non-hydrogen) atoms. The summed E-state index contributed by atoms with van der Waals surface area (Å²) in [5.74, 6) is 0. The molecule has 3 N–H and O–H groups in total. The van der Waals surface area contributed by atoms with Crippen LogP contribution in [0.1, 0.15) is 11.9 Å². The van der Waals surface area contributed by atoms with E-state index in [4.69, 9.17) is 5.73 Å². The molecule has 84 valence electrons. The number of benzene rings is 1. The largest absolute Gasteiger partial charge is 0.399 e. The van der Waals surface area contributed by atoms with Crippen molar-refractivity contribution in [2.45, 2.75) is 18.2 Å². The molecule has 0 aliphatic heterocycles. The van der Waals surface area contributed by atoms with E-state index in [1.165, 1.54) is 11.9 Å². The first-order chi connectivity index (χ1) is 7.78. The van der Waals surface area contributed by atoms with E-state index < -0.39 is 0 Å². The van der Waals surface area contributed by atoms with Crippen LogP contribution < -0.4 is 10.5 Å². The Balaban J connectivity index is 1.94. The highest BCUT2D eigenvalue weighted by Gasteiger charge is 2.02. The molecule has 1 aromatic carbocycles. The van der Waals surface area contributed by atoms with Gasteiger partial charge in [-0.3, -0.25) is 0 Å². The van der Waals surface area contributed by atoms with E-state index in [1.807, 2.05) is 24.3 Å². The Labute approximate surface area is 102 Å². The van der Waals surface area contributed by atoms with Gasteiger partial charge in [0.15, 0.2) is 0 Å². The number of hydrogen-bond acceptors (Lipinski definition) is 6. The molecule has 1 aromatic heterocycles. The molecular formula is C10H12N4S2. The number of anilines is 2. The number of nitrogens with zero attached hydrogens (tertiary/aromatic N) is 2. The summed E-state index contributed by atoms with van der Waals surface area (Å²) in [4.78, 5) is 1.10. The van der Waals surface area contributed by atoms with Crippen LogP contribution in [0.25, 0.3) is 0 Å². The average Bonchev–Trinajstić information content (AvgIpc) is 2.76. The van der Waals surface area contributed by atoms with Gasteiger partial charge in [-0.1, -0.05) is 18.3 Å². The van der Waals surface area contributed by atoms with Crippen LogP contribution in [0.5, 0.6) is 0 Å². The fourth-order valence-electron chi connectivity index (χ4n) is 1.08. The fraction of sp³-hybridized carbons (Fsp3) is 0.200. The van der Waals surface area contributed by atoms with Gasteiger partial charge < -0.3 is 10.5 Å². The summed E-state index contributed by atoms with van der Waals surface area (Å²) in [5, 5.41) is 9.94. The van der Waals surface area contributed by atoms with Crippen molar-refractivity contribution >= 4 is 34.1 Å². The Morgan fingerprint density at radius 2 is 2.06 bits per heavy atom. The third-order valence-corrected chi connectivity index (χ3v) is 3.82. The van der Waals surface area contributed by atoms with Gasteiger partial charge >= 0.3 is 0 Å². The van der Waals surface area contributed by atoms with Gasteiger partial charge in [0.25, 0.3) is 0 Å². The second-order valence-electron chi connectivity index (χ2n) is 3.13. The topological polar surface area (TPSA) is 63.8 Å². The highest BCUT2D eigenvalue weighted by Crippen LogP contribution is 2.24. The van der Waals surface area contributed by atoms with Gasteiger partial charge in [-0.25, -0.2) is 0 Å². The fourth-order valence-corrected chi connectivity index (χ4v) is 2.42. The molecule has 0 aliphatic rings. The summed E-state index contributed by atoms with van der Waals surface area (Å²) >= 11 is 3.08. The Bertz CT molecular complexity index is 452. The third-order valence-electron chi connectivity index (χ3n) is 1.91. The molecule has 0 aliphatic carbocycles. The highest BCUT2D eigenvalue weighted by molar-refractivity contribution is 8.00. The zero-order chi connectivity index (χ0) is 11.4. The van der Waals surface area contributed by atoms with E-state index in [-0.39, 0.29) is 0 Å². The molecule has 0 bridgehead atoms. The first kappa shape index (κ1) is 11.2. The summed E-state index contributed by atoms with van der Waals surface area (Å²) in [5.41, 5.74) is 6.38. The quantitative estimate of drug-likeness (QED) is 0.647. The van der Waals surface area contributed by atoms with E-state index in [2.05, 4.69) is 21.8 Å². The first-order valence-electron chi connectivity index (χ1n) is 4.88. The van der Waals surface area contributed by atoms with Crippen LogP contribution in [0.3, 0.4) is 0 Å². The molecule has 0 unspecified atom stereocenters. The lowest BCUT2D eigenvalue weighted by Gasteiger charge is -2.00. The molecule has 0 amide bonds. The predicted octanol–water partition coefficient (Wildman–Crippen LogP) is 2.80. The van der Waals surface area contributed by atoms with Crippen LogP contribution in [0.2, 0.25) is 0 Å². The van der Waals surface area contributed by atoms with Gasteiger partial charge in [0, 0.05) is 10.6 Å². The number of rotatable bonds is 4. The smallest absolute Gasteiger partial charge is 0.215 e. The van der Waals surface area contributed by atoms with Gasteiger partial charge in [0.05, 0.1) is 0 Å². The summed E-state index contributed by atoms with van der Waals surface area (Å²) < 4.78 is 3.16. The van der Waals surface area contributed by atoms with Gasteiger partial charge in [-0.15, -0.1) is 10.2 Å². The van der Waals surface area contributed by atoms with Crippen LogP contribution in [-0.2, 0) is 6.42 Å². The monoisotopic (exact) mass is 252 g/mol. The van der Waals surface area contributed by atoms with Gasteiger partial charge in [-0.2, -0.15) is 0 Å². The lowest BCUT2D eigenvalue weighted by Crippen LogP contribution is -1.87. The van der Waals surface area contributed by atoms with Crippen LogP contribution in [0, 0.1) is 0 Å². The molecule has 0 fully saturated rings. The van der Waals surface area contributed by atoms with Crippen LogP contribution in [0.15, 0.2) is 29.2 Å². The van der Waals surface area contributed by atoms with E-state index >= 15 is 0 Å². The molecule has 6 heteroatoms. The minimum Gasteiger partial charge on any atom is -0.399 e. The van der Waals surface area contributed by atoms with Crippen molar-refractivity contribution in [1.29, 1.82) is 0 Å². The lowest BCUT2D eigenvalue weighted by molar-refractivity contribution is 0.988. The predicted molar refractivity (Wildman–Crippen MR) is 69.6 cm³/mol. The van der Waals surface area contributed by atoms with Crippen LogP contribution >= 0.6 is 23.3 Å². The molecule has 2 aromatic rings. The lowest BCUT2D eigenvalue weighted by atomic mass is 10.3. The molecular weight excluding hydrogens is 240 g/mol. The molecule has 0 saturated heterocycles. The Morgan fingerprint density at radius 3 is 2.69 bits per heavy atom. The maximum atomic E-state index is 5.61. The van der Waals surface area contributed by atoms with Crippen LogP contribution in [-0.4, -0.2) is 10.2 Å². The van der Waals surface area contributed by atoms with Crippen molar-refractivity contribution in [3.05, 3.63) is 29.3 Å². The zero-order valence-corrected chi connectivity index (χ0v) is 10.4.